The summed E-state index contributed by atoms with van der Waals surface area (Å²) < 4.78 is 31.0. The second-order valence-electron chi connectivity index (χ2n) is 5.42. The summed E-state index contributed by atoms with van der Waals surface area (Å²) >= 11 is 0. The van der Waals surface area contributed by atoms with Crippen LogP contribution in [0.25, 0.3) is 0 Å². The van der Waals surface area contributed by atoms with Gasteiger partial charge in [-0.15, -0.1) is 0 Å². The van der Waals surface area contributed by atoms with Crippen molar-refractivity contribution in [3.8, 4) is 5.75 Å². The van der Waals surface area contributed by atoms with Gasteiger partial charge in [0, 0.05) is 6.54 Å². The van der Waals surface area contributed by atoms with E-state index in [-0.39, 0.29) is 6.54 Å². The predicted octanol–water partition coefficient (Wildman–Crippen LogP) is 2.82. The van der Waals surface area contributed by atoms with Crippen LogP contribution in [0.15, 0.2) is 59.5 Å². The van der Waals surface area contributed by atoms with Crippen molar-refractivity contribution in [2.45, 2.75) is 29.9 Å². The molecule has 2 N–H and O–H groups in total. The lowest BCUT2D eigenvalue weighted by molar-refractivity contribution is 0.317. The van der Waals surface area contributed by atoms with E-state index in [1.54, 1.807) is 30.3 Å². The number of rotatable bonds is 8. The lowest BCUT2D eigenvalue weighted by Crippen LogP contribution is -2.32. The summed E-state index contributed by atoms with van der Waals surface area (Å²) in [6.45, 7) is 2.77. The molecule has 2 aromatic rings. The third kappa shape index (κ3) is 4.56. The fourth-order valence-corrected chi connectivity index (χ4v) is 3.95. The van der Waals surface area contributed by atoms with Crippen LogP contribution < -0.4 is 10.5 Å². The third-order valence-corrected chi connectivity index (χ3v) is 5.77. The largest absolute Gasteiger partial charge is 0.494 e. The SMILES string of the molecule is CCCOc1cccc(CC(CN)S(=O)(=O)c2ccccc2)c1. The monoisotopic (exact) mass is 333 g/mol. The van der Waals surface area contributed by atoms with Crippen molar-refractivity contribution in [2.75, 3.05) is 13.2 Å². The molecule has 0 aromatic heterocycles. The Hall–Kier alpha value is -1.85. The Morgan fingerprint density at radius 1 is 1.09 bits per heavy atom. The van der Waals surface area contributed by atoms with Gasteiger partial charge < -0.3 is 10.5 Å². The zero-order valence-corrected chi connectivity index (χ0v) is 14.1. The summed E-state index contributed by atoms with van der Waals surface area (Å²) in [6, 6.07) is 16.0. The molecule has 0 amide bonds. The molecule has 0 aliphatic carbocycles. The van der Waals surface area contributed by atoms with E-state index in [4.69, 9.17) is 10.5 Å². The van der Waals surface area contributed by atoms with Crippen molar-refractivity contribution in [1.29, 1.82) is 0 Å². The highest BCUT2D eigenvalue weighted by atomic mass is 32.2. The second kappa shape index (κ2) is 8.13. The molecule has 4 nitrogen and oxygen atoms in total. The quantitative estimate of drug-likeness (QED) is 0.806. The van der Waals surface area contributed by atoms with Gasteiger partial charge >= 0.3 is 0 Å². The smallest absolute Gasteiger partial charge is 0.182 e. The normalized spacial score (nSPS) is 12.8. The maximum atomic E-state index is 12.7. The number of sulfone groups is 1. The highest BCUT2D eigenvalue weighted by Gasteiger charge is 2.26. The summed E-state index contributed by atoms with van der Waals surface area (Å²) in [5, 5.41) is -0.647. The molecular weight excluding hydrogens is 310 g/mol. The minimum absolute atomic E-state index is 0.0806. The Balaban J connectivity index is 2.19. The van der Waals surface area contributed by atoms with Crippen LogP contribution in [0.3, 0.4) is 0 Å². The first kappa shape index (κ1) is 17.5. The molecule has 1 atom stereocenters. The highest BCUT2D eigenvalue weighted by Crippen LogP contribution is 2.21. The van der Waals surface area contributed by atoms with Gasteiger partial charge in [0.05, 0.1) is 16.8 Å². The van der Waals surface area contributed by atoms with Crippen LogP contribution >= 0.6 is 0 Å². The lowest BCUT2D eigenvalue weighted by atomic mass is 10.1. The Labute approximate surface area is 138 Å². The summed E-state index contributed by atoms with van der Waals surface area (Å²) in [6.07, 6.45) is 1.30. The van der Waals surface area contributed by atoms with Crippen molar-refractivity contribution >= 4 is 9.84 Å². The average molecular weight is 333 g/mol. The maximum Gasteiger partial charge on any atom is 0.182 e. The number of hydrogen-bond acceptors (Lipinski definition) is 4. The van der Waals surface area contributed by atoms with E-state index in [0.29, 0.717) is 17.9 Å². The maximum absolute atomic E-state index is 12.7. The third-order valence-electron chi connectivity index (χ3n) is 3.61. The van der Waals surface area contributed by atoms with E-state index in [0.717, 1.165) is 17.7 Å². The zero-order chi connectivity index (χ0) is 16.7. The number of hydrogen-bond donors (Lipinski definition) is 1. The molecule has 5 heteroatoms. The van der Waals surface area contributed by atoms with Gasteiger partial charge in [-0.3, -0.25) is 0 Å². The first-order valence-electron chi connectivity index (χ1n) is 7.78. The molecular formula is C18H23NO3S. The molecule has 0 radical (unpaired) electrons. The Bertz CT molecular complexity index is 714. The average Bonchev–Trinajstić information content (AvgIpc) is 2.59. The molecule has 2 aromatic carbocycles. The minimum Gasteiger partial charge on any atom is -0.494 e. The molecule has 0 heterocycles. The van der Waals surface area contributed by atoms with Crippen molar-refractivity contribution in [2.24, 2.45) is 5.73 Å². The summed E-state index contributed by atoms with van der Waals surface area (Å²) in [5.41, 5.74) is 6.66. The number of ether oxygens (including phenoxy) is 1. The minimum atomic E-state index is -3.44. The molecule has 0 aliphatic rings. The zero-order valence-electron chi connectivity index (χ0n) is 13.3. The summed E-state index contributed by atoms with van der Waals surface area (Å²) in [4.78, 5) is 0.314. The van der Waals surface area contributed by atoms with Gasteiger partial charge in [0.1, 0.15) is 5.75 Å². The van der Waals surface area contributed by atoms with Crippen LogP contribution in [0, 0.1) is 0 Å². The topological polar surface area (TPSA) is 69.4 Å². The molecule has 2 rings (SSSR count). The van der Waals surface area contributed by atoms with Crippen LogP contribution in [0.1, 0.15) is 18.9 Å². The second-order valence-corrected chi connectivity index (χ2v) is 7.64. The van der Waals surface area contributed by atoms with Crippen LogP contribution in [-0.4, -0.2) is 26.8 Å². The van der Waals surface area contributed by atoms with Crippen LogP contribution in [0.4, 0.5) is 0 Å². The standard InChI is InChI=1S/C18H23NO3S/c1-2-11-22-16-8-6-7-15(12-16)13-18(14-19)23(20,21)17-9-4-3-5-10-17/h3-10,12,18H,2,11,13-14,19H2,1H3. The van der Waals surface area contributed by atoms with E-state index in [9.17, 15) is 8.42 Å². The van der Waals surface area contributed by atoms with Gasteiger partial charge in [-0.2, -0.15) is 0 Å². The van der Waals surface area contributed by atoms with Gasteiger partial charge in [0.2, 0.25) is 0 Å². The van der Waals surface area contributed by atoms with Gasteiger partial charge in [-0.05, 0) is 42.7 Å². The van der Waals surface area contributed by atoms with E-state index < -0.39 is 15.1 Å². The molecule has 0 spiro atoms. The van der Waals surface area contributed by atoms with Gasteiger partial charge in [-0.1, -0.05) is 37.3 Å². The molecule has 23 heavy (non-hydrogen) atoms. The van der Waals surface area contributed by atoms with Gasteiger partial charge in [0.15, 0.2) is 9.84 Å². The van der Waals surface area contributed by atoms with Crippen molar-refractivity contribution in [1.82, 2.24) is 0 Å². The number of nitrogens with two attached hydrogens (primary N) is 1. The summed E-state index contributed by atoms with van der Waals surface area (Å²) in [7, 11) is -3.44. The Kier molecular flexibility index (Phi) is 6.19. The van der Waals surface area contributed by atoms with E-state index >= 15 is 0 Å². The fourth-order valence-electron chi connectivity index (χ4n) is 2.37. The van der Waals surface area contributed by atoms with Crippen molar-refractivity contribution in [3.63, 3.8) is 0 Å². The fraction of sp³-hybridized carbons (Fsp3) is 0.333. The summed E-state index contributed by atoms with van der Waals surface area (Å²) in [5.74, 6) is 0.761. The van der Waals surface area contributed by atoms with E-state index in [1.165, 1.54) is 0 Å². The van der Waals surface area contributed by atoms with E-state index in [2.05, 4.69) is 0 Å². The molecule has 0 saturated heterocycles. The molecule has 1 unspecified atom stereocenters. The van der Waals surface area contributed by atoms with Gasteiger partial charge in [0.25, 0.3) is 0 Å². The molecule has 124 valence electrons. The number of benzene rings is 2. The van der Waals surface area contributed by atoms with E-state index in [1.807, 2.05) is 31.2 Å². The molecule has 0 aliphatic heterocycles. The molecule has 0 fully saturated rings. The van der Waals surface area contributed by atoms with Gasteiger partial charge in [-0.25, -0.2) is 8.42 Å². The Morgan fingerprint density at radius 3 is 2.48 bits per heavy atom. The van der Waals surface area contributed by atoms with Crippen LogP contribution in [-0.2, 0) is 16.3 Å². The lowest BCUT2D eigenvalue weighted by Gasteiger charge is -2.16. The molecule has 0 saturated carbocycles. The van der Waals surface area contributed by atoms with Crippen molar-refractivity contribution < 1.29 is 13.2 Å². The van der Waals surface area contributed by atoms with Crippen LogP contribution in [0.2, 0.25) is 0 Å². The first-order valence-corrected chi connectivity index (χ1v) is 9.33. The molecule has 0 bridgehead atoms. The Morgan fingerprint density at radius 2 is 1.83 bits per heavy atom. The first-order chi connectivity index (χ1) is 11.1. The van der Waals surface area contributed by atoms with Crippen LogP contribution in [0.5, 0.6) is 5.75 Å². The highest BCUT2D eigenvalue weighted by molar-refractivity contribution is 7.92. The van der Waals surface area contributed by atoms with Crippen molar-refractivity contribution in [3.05, 3.63) is 60.2 Å². The predicted molar refractivity (Wildman–Crippen MR) is 92.4 cm³/mol.